The maximum atomic E-state index is 12.6. The van der Waals surface area contributed by atoms with Crippen molar-refractivity contribution in [2.75, 3.05) is 45.1 Å². The molecular weight excluding hydrogens is 380 g/mol. The molecule has 1 aliphatic heterocycles. The summed E-state index contributed by atoms with van der Waals surface area (Å²) in [6.45, 7) is 1.85. The standard InChI is InChI=1S/C15H24N4O5S2/c1-18-11-12(26(22,23)19-5-7-24-8-6-19)10-13(18)15(21)17-4-3-16-14(20)2-9-25/h10-11,25H,2-9H2,1H3,(H,16,20)(H,17,21). The van der Waals surface area contributed by atoms with Crippen LogP contribution >= 0.6 is 12.6 Å². The molecule has 9 nitrogen and oxygen atoms in total. The predicted molar refractivity (Wildman–Crippen MR) is 98.8 cm³/mol. The Kier molecular flexibility index (Phi) is 7.50. The summed E-state index contributed by atoms with van der Waals surface area (Å²) in [6.07, 6.45) is 1.74. The summed E-state index contributed by atoms with van der Waals surface area (Å²) in [7, 11) is -2.04. The molecule has 2 rings (SSSR count). The molecule has 0 aliphatic carbocycles. The Bertz CT molecular complexity index is 741. The number of nitrogens with zero attached hydrogens (tertiary/aromatic N) is 2. The largest absolute Gasteiger partial charge is 0.379 e. The van der Waals surface area contributed by atoms with E-state index in [0.717, 1.165) is 0 Å². The summed E-state index contributed by atoms with van der Waals surface area (Å²) < 4.78 is 33.3. The van der Waals surface area contributed by atoms with Crippen LogP contribution in [-0.2, 0) is 26.6 Å². The lowest BCUT2D eigenvalue weighted by atomic mass is 10.4. The Morgan fingerprint density at radius 2 is 1.88 bits per heavy atom. The molecular formula is C15H24N4O5S2. The fourth-order valence-corrected chi connectivity index (χ4v) is 4.18. The van der Waals surface area contributed by atoms with Crippen molar-refractivity contribution in [2.24, 2.45) is 7.05 Å². The van der Waals surface area contributed by atoms with Crippen molar-refractivity contribution in [2.45, 2.75) is 11.3 Å². The topological polar surface area (TPSA) is 110 Å². The lowest BCUT2D eigenvalue weighted by Gasteiger charge is -2.25. The third-order valence-corrected chi connectivity index (χ3v) is 5.98. The number of amides is 2. The molecule has 0 radical (unpaired) electrons. The van der Waals surface area contributed by atoms with Crippen LogP contribution in [-0.4, -0.2) is 74.3 Å². The smallest absolute Gasteiger partial charge is 0.268 e. The van der Waals surface area contributed by atoms with Crippen LogP contribution in [0.3, 0.4) is 0 Å². The number of aromatic nitrogens is 1. The van der Waals surface area contributed by atoms with Gasteiger partial charge < -0.3 is 19.9 Å². The van der Waals surface area contributed by atoms with Gasteiger partial charge in [0.15, 0.2) is 0 Å². The van der Waals surface area contributed by atoms with Gasteiger partial charge in [-0.3, -0.25) is 9.59 Å². The molecule has 2 amide bonds. The molecule has 0 atom stereocenters. The van der Waals surface area contributed by atoms with Crippen molar-refractivity contribution in [1.82, 2.24) is 19.5 Å². The van der Waals surface area contributed by atoms with Crippen molar-refractivity contribution in [3.05, 3.63) is 18.0 Å². The number of hydrogen-bond acceptors (Lipinski definition) is 6. The minimum absolute atomic E-state index is 0.0779. The third-order valence-electron chi connectivity index (χ3n) is 3.89. The lowest BCUT2D eigenvalue weighted by Crippen LogP contribution is -2.40. The first-order valence-corrected chi connectivity index (χ1v) is 10.3. The molecule has 0 spiro atoms. The highest BCUT2D eigenvalue weighted by Gasteiger charge is 2.28. The summed E-state index contributed by atoms with van der Waals surface area (Å²) in [5.41, 5.74) is 0.235. The number of aryl methyl sites for hydroxylation is 1. The van der Waals surface area contributed by atoms with Crippen molar-refractivity contribution in [3.63, 3.8) is 0 Å². The number of carbonyl (C=O) groups excluding carboxylic acids is 2. The molecule has 1 saturated heterocycles. The van der Waals surface area contributed by atoms with Crippen molar-refractivity contribution in [3.8, 4) is 0 Å². The molecule has 1 aliphatic rings. The van der Waals surface area contributed by atoms with E-state index in [0.29, 0.717) is 45.0 Å². The lowest BCUT2D eigenvalue weighted by molar-refractivity contribution is -0.120. The number of thiol groups is 1. The van der Waals surface area contributed by atoms with E-state index in [1.54, 1.807) is 7.05 Å². The molecule has 0 aromatic carbocycles. The van der Waals surface area contributed by atoms with Crippen LogP contribution < -0.4 is 10.6 Å². The highest BCUT2D eigenvalue weighted by molar-refractivity contribution is 7.89. The van der Waals surface area contributed by atoms with E-state index < -0.39 is 15.9 Å². The van der Waals surface area contributed by atoms with Gasteiger partial charge in [-0.1, -0.05) is 0 Å². The maximum Gasteiger partial charge on any atom is 0.268 e. The first-order valence-electron chi connectivity index (χ1n) is 8.26. The summed E-state index contributed by atoms with van der Waals surface area (Å²) in [6, 6.07) is 1.36. The number of morpholine rings is 1. The van der Waals surface area contributed by atoms with Crippen LogP contribution in [0.15, 0.2) is 17.2 Å². The first kappa shape index (κ1) is 20.7. The van der Waals surface area contributed by atoms with Crippen LogP contribution in [0.25, 0.3) is 0 Å². The molecule has 0 saturated carbocycles. The Balaban J connectivity index is 1.96. The molecule has 11 heteroatoms. The summed E-state index contributed by atoms with van der Waals surface area (Å²) in [5.74, 6) is -0.0755. The van der Waals surface area contributed by atoms with Gasteiger partial charge in [-0.2, -0.15) is 16.9 Å². The minimum Gasteiger partial charge on any atom is -0.379 e. The number of sulfonamides is 1. The van der Waals surface area contributed by atoms with Crippen molar-refractivity contribution in [1.29, 1.82) is 0 Å². The molecule has 2 N–H and O–H groups in total. The van der Waals surface area contributed by atoms with E-state index in [2.05, 4.69) is 23.3 Å². The molecule has 0 bridgehead atoms. The number of carbonyl (C=O) groups is 2. The van der Waals surface area contributed by atoms with E-state index in [1.165, 1.54) is 21.1 Å². The fourth-order valence-electron chi connectivity index (χ4n) is 2.50. The molecule has 2 heterocycles. The third kappa shape index (κ3) is 5.22. The predicted octanol–water partition coefficient (Wildman–Crippen LogP) is -0.788. The summed E-state index contributed by atoms with van der Waals surface area (Å²) in [5, 5.41) is 5.31. The average molecular weight is 405 g/mol. The second kappa shape index (κ2) is 9.40. The molecule has 146 valence electrons. The second-order valence-electron chi connectivity index (χ2n) is 5.77. The van der Waals surface area contributed by atoms with Gasteiger partial charge in [0.25, 0.3) is 5.91 Å². The summed E-state index contributed by atoms with van der Waals surface area (Å²) >= 11 is 3.97. The Labute approximate surface area is 158 Å². The zero-order valence-corrected chi connectivity index (χ0v) is 16.3. The van der Waals surface area contributed by atoms with Crippen LogP contribution in [0.1, 0.15) is 16.9 Å². The van der Waals surface area contributed by atoms with Crippen LogP contribution in [0.4, 0.5) is 0 Å². The van der Waals surface area contributed by atoms with Crippen LogP contribution in [0, 0.1) is 0 Å². The van der Waals surface area contributed by atoms with Gasteiger partial charge >= 0.3 is 0 Å². The fraction of sp³-hybridized carbons (Fsp3) is 0.600. The monoisotopic (exact) mass is 404 g/mol. The Morgan fingerprint density at radius 3 is 2.54 bits per heavy atom. The van der Waals surface area contributed by atoms with Gasteiger partial charge in [-0.25, -0.2) is 8.42 Å². The highest BCUT2D eigenvalue weighted by atomic mass is 32.2. The van der Waals surface area contributed by atoms with Gasteiger partial charge in [0.05, 0.1) is 13.2 Å². The maximum absolute atomic E-state index is 12.6. The minimum atomic E-state index is -3.65. The Morgan fingerprint density at radius 1 is 1.23 bits per heavy atom. The number of hydrogen-bond donors (Lipinski definition) is 3. The van der Waals surface area contributed by atoms with E-state index in [1.807, 2.05) is 0 Å². The molecule has 1 aromatic rings. The number of rotatable bonds is 8. The van der Waals surface area contributed by atoms with Gasteiger partial charge in [0.2, 0.25) is 15.9 Å². The highest BCUT2D eigenvalue weighted by Crippen LogP contribution is 2.19. The first-order chi connectivity index (χ1) is 12.4. The van der Waals surface area contributed by atoms with Crippen molar-refractivity contribution >= 4 is 34.5 Å². The SMILES string of the molecule is Cn1cc(S(=O)(=O)N2CCOCC2)cc1C(=O)NCCNC(=O)CCS. The number of ether oxygens (including phenoxy) is 1. The van der Waals surface area contributed by atoms with Gasteiger partial charge in [-0.15, -0.1) is 0 Å². The molecule has 1 fully saturated rings. The molecule has 1 aromatic heterocycles. The van der Waals surface area contributed by atoms with Crippen LogP contribution in [0.2, 0.25) is 0 Å². The summed E-state index contributed by atoms with van der Waals surface area (Å²) in [4.78, 5) is 23.7. The van der Waals surface area contributed by atoms with Gasteiger partial charge in [0.1, 0.15) is 10.6 Å². The van der Waals surface area contributed by atoms with Crippen LogP contribution in [0.5, 0.6) is 0 Å². The second-order valence-corrected chi connectivity index (χ2v) is 8.15. The normalized spacial score (nSPS) is 15.6. The Hall–Kier alpha value is -1.56. The van der Waals surface area contributed by atoms with Gasteiger partial charge in [0, 0.05) is 45.8 Å². The van der Waals surface area contributed by atoms with E-state index in [-0.39, 0.29) is 23.0 Å². The zero-order chi connectivity index (χ0) is 19.2. The number of nitrogens with one attached hydrogen (secondary N) is 2. The molecule has 0 unspecified atom stereocenters. The van der Waals surface area contributed by atoms with E-state index >= 15 is 0 Å². The average Bonchev–Trinajstić information content (AvgIpc) is 3.02. The quantitative estimate of drug-likeness (QED) is 0.389. The van der Waals surface area contributed by atoms with Gasteiger partial charge in [-0.05, 0) is 11.8 Å². The van der Waals surface area contributed by atoms with E-state index in [9.17, 15) is 18.0 Å². The molecule has 26 heavy (non-hydrogen) atoms. The van der Waals surface area contributed by atoms with E-state index in [4.69, 9.17) is 4.74 Å². The van der Waals surface area contributed by atoms with Crippen molar-refractivity contribution < 1.29 is 22.7 Å². The zero-order valence-electron chi connectivity index (χ0n) is 14.6.